The van der Waals surface area contributed by atoms with Gasteiger partial charge in [0.2, 0.25) is 0 Å². The van der Waals surface area contributed by atoms with Crippen molar-refractivity contribution in [2.75, 3.05) is 18.4 Å². The Morgan fingerprint density at radius 1 is 1.47 bits per heavy atom. The van der Waals surface area contributed by atoms with Crippen molar-refractivity contribution in [3.63, 3.8) is 0 Å². The molecular weight excluding hydrogens is 264 g/mol. The lowest BCUT2D eigenvalue weighted by molar-refractivity contribution is 0.193. The Hall–Kier alpha value is -1.93. The molecule has 0 aliphatic carbocycles. The minimum absolute atomic E-state index is 0.291. The van der Waals surface area contributed by atoms with E-state index < -0.39 is 0 Å². The van der Waals surface area contributed by atoms with E-state index in [0.29, 0.717) is 29.7 Å². The highest BCUT2D eigenvalue weighted by Crippen LogP contribution is 2.22. The molecule has 2 rings (SSSR count). The summed E-state index contributed by atoms with van der Waals surface area (Å²) in [7, 11) is 0. The molecule has 0 aromatic heterocycles. The first-order chi connectivity index (χ1) is 9.10. The smallest absolute Gasteiger partial charge is 0.314 e. The molecule has 0 radical (unpaired) electrons. The van der Waals surface area contributed by atoms with Gasteiger partial charge in [-0.2, -0.15) is 5.26 Å². The van der Waals surface area contributed by atoms with Gasteiger partial charge in [0, 0.05) is 24.8 Å². The number of anilines is 1. The third kappa shape index (κ3) is 3.30. The number of nitrogens with two attached hydrogens (primary N) is 1. The Morgan fingerprint density at radius 3 is 2.68 bits per heavy atom. The molecule has 1 heterocycles. The second-order valence-electron chi connectivity index (χ2n) is 4.55. The molecule has 0 atom stereocenters. The van der Waals surface area contributed by atoms with Gasteiger partial charge in [-0.3, -0.25) is 0 Å². The van der Waals surface area contributed by atoms with E-state index in [2.05, 4.69) is 5.32 Å². The van der Waals surface area contributed by atoms with Crippen LogP contribution in [0.25, 0.3) is 0 Å². The van der Waals surface area contributed by atoms with Gasteiger partial charge in [-0.1, -0.05) is 11.6 Å². The van der Waals surface area contributed by atoms with Gasteiger partial charge in [-0.15, -0.1) is 0 Å². The number of likely N-dealkylation sites (tertiary alicyclic amines) is 1. The van der Waals surface area contributed by atoms with Gasteiger partial charge < -0.3 is 16.0 Å². The van der Waals surface area contributed by atoms with E-state index in [1.807, 2.05) is 12.1 Å². The molecule has 0 bridgehead atoms. The fourth-order valence-corrected chi connectivity index (χ4v) is 2.40. The summed E-state index contributed by atoms with van der Waals surface area (Å²) in [5, 5.41) is 12.6. The zero-order valence-electron chi connectivity index (χ0n) is 10.4. The summed E-state index contributed by atoms with van der Waals surface area (Å²) in [5.74, 6) is 0. The van der Waals surface area contributed by atoms with Crippen molar-refractivity contribution in [1.29, 1.82) is 5.26 Å². The van der Waals surface area contributed by atoms with Crippen molar-refractivity contribution in [1.82, 2.24) is 4.90 Å². The van der Waals surface area contributed by atoms with Gasteiger partial charge in [0.15, 0.2) is 0 Å². The van der Waals surface area contributed by atoms with Crippen molar-refractivity contribution in [2.45, 2.75) is 18.9 Å². The SMILES string of the molecule is N#Cc1ccc(NC2CCN(C(N)=O)CC2)cc1Cl. The third-order valence-corrected chi connectivity index (χ3v) is 3.58. The van der Waals surface area contributed by atoms with E-state index in [0.717, 1.165) is 18.5 Å². The van der Waals surface area contributed by atoms with Gasteiger partial charge in [0.1, 0.15) is 6.07 Å². The number of hydrogen-bond acceptors (Lipinski definition) is 3. The minimum atomic E-state index is -0.361. The van der Waals surface area contributed by atoms with Crippen LogP contribution >= 0.6 is 11.6 Å². The van der Waals surface area contributed by atoms with E-state index in [-0.39, 0.29) is 6.03 Å². The highest BCUT2D eigenvalue weighted by atomic mass is 35.5. The summed E-state index contributed by atoms with van der Waals surface area (Å²) in [6, 6.07) is 7.24. The quantitative estimate of drug-likeness (QED) is 0.870. The van der Waals surface area contributed by atoms with Crippen molar-refractivity contribution >= 4 is 23.3 Å². The number of carbonyl (C=O) groups excluding carboxylic acids is 1. The number of rotatable bonds is 2. The second-order valence-corrected chi connectivity index (χ2v) is 4.96. The molecule has 1 aromatic carbocycles. The summed E-state index contributed by atoms with van der Waals surface area (Å²) in [4.78, 5) is 12.7. The van der Waals surface area contributed by atoms with Crippen molar-refractivity contribution in [2.24, 2.45) is 5.73 Å². The number of amides is 2. The summed E-state index contributed by atoms with van der Waals surface area (Å²) in [5.41, 5.74) is 6.59. The number of nitrogens with one attached hydrogen (secondary N) is 1. The number of halogens is 1. The van der Waals surface area contributed by atoms with E-state index in [1.54, 1.807) is 17.0 Å². The lowest BCUT2D eigenvalue weighted by Gasteiger charge is -2.31. The molecule has 1 aliphatic rings. The lowest BCUT2D eigenvalue weighted by atomic mass is 10.0. The van der Waals surface area contributed by atoms with Crippen LogP contribution in [0.3, 0.4) is 0 Å². The molecule has 6 heteroatoms. The maximum atomic E-state index is 11.0. The zero-order chi connectivity index (χ0) is 13.8. The van der Waals surface area contributed by atoms with Gasteiger partial charge in [-0.05, 0) is 31.0 Å². The molecule has 100 valence electrons. The van der Waals surface area contributed by atoms with Crippen LogP contribution in [-0.2, 0) is 0 Å². The number of nitrogens with zero attached hydrogens (tertiary/aromatic N) is 2. The second kappa shape index (κ2) is 5.81. The highest BCUT2D eigenvalue weighted by Gasteiger charge is 2.21. The van der Waals surface area contributed by atoms with Crippen molar-refractivity contribution < 1.29 is 4.79 Å². The molecule has 2 amide bonds. The monoisotopic (exact) mass is 278 g/mol. The number of piperidine rings is 1. The van der Waals surface area contributed by atoms with Gasteiger partial charge in [0.25, 0.3) is 0 Å². The Balaban J connectivity index is 1.94. The summed E-state index contributed by atoms with van der Waals surface area (Å²) in [6.07, 6.45) is 1.70. The maximum Gasteiger partial charge on any atom is 0.314 e. The molecule has 1 saturated heterocycles. The minimum Gasteiger partial charge on any atom is -0.382 e. The average molecular weight is 279 g/mol. The molecule has 0 spiro atoms. The molecule has 1 aromatic rings. The first kappa shape index (κ1) is 13.5. The fraction of sp³-hybridized carbons (Fsp3) is 0.385. The van der Waals surface area contributed by atoms with Crippen LogP contribution in [0.5, 0.6) is 0 Å². The molecule has 19 heavy (non-hydrogen) atoms. The molecule has 5 nitrogen and oxygen atoms in total. The predicted octanol–water partition coefficient (Wildman–Crippen LogP) is 2.17. The van der Waals surface area contributed by atoms with Gasteiger partial charge in [-0.25, -0.2) is 4.79 Å². The number of carbonyl (C=O) groups is 1. The fourth-order valence-electron chi connectivity index (χ4n) is 2.18. The Morgan fingerprint density at radius 2 is 2.16 bits per heavy atom. The number of benzene rings is 1. The largest absolute Gasteiger partial charge is 0.382 e. The normalized spacial score (nSPS) is 15.9. The topological polar surface area (TPSA) is 82.2 Å². The standard InChI is InChI=1S/C13H15ClN4O/c14-12-7-11(2-1-9(12)8-15)17-10-3-5-18(6-4-10)13(16)19/h1-2,7,10,17H,3-6H2,(H2,16,19). The Kier molecular flexibility index (Phi) is 4.13. The first-order valence-corrected chi connectivity index (χ1v) is 6.48. The molecular formula is C13H15ClN4O. The van der Waals surface area contributed by atoms with Crippen molar-refractivity contribution in [3.05, 3.63) is 28.8 Å². The van der Waals surface area contributed by atoms with Crippen molar-refractivity contribution in [3.8, 4) is 6.07 Å². The summed E-state index contributed by atoms with van der Waals surface area (Å²) < 4.78 is 0. The molecule has 0 unspecified atom stereocenters. The molecule has 0 saturated carbocycles. The van der Waals surface area contributed by atoms with Crippen LogP contribution in [0.4, 0.5) is 10.5 Å². The van der Waals surface area contributed by atoms with E-state index in [1.165, 1.54) is 0 Å². The lowest BCUT2D eigenvalue weighted by Crippen LogP contribution is -2.44. The van der Waals surface area contributed by atoms with Crippen LogP contribution in [0.2, 0.25) is 5.02 Å². The molecule has 3 N–H and O–H groups in total. The average Bonchev–Trinajstić information content (AvgIpc) is 2.39. The summed E-state index contributed by atoms with van der Waals surface area (Å²) >= 11 is 5.98. The number of nitriles is 1. The first-order valence-electron chi connectivity index (χ1n) is 6.10. The van der Waals surface area contributed by atoms with Gasteiger partial charge in [0.05, 0.1) is 10.6 Å². The number of primary amides is 1. The van der Waals surface area contributed by atoms with Crippen LogP contribution in [0.1, 0.15) is 18.4 Å². The number of hydrogen-bond donors (Lipinski definition) is 2. The van der Waals surface area contributed by atoms with Crippen LogP contribution in [-0.4, -0.2) is 30.1 Å². The highest BCUT2D eigenvalue weighted by molar-refractivity contribution is 6.32. The molecule has 1 aliphatic heterocycles. The van der Waals surface area contributed by atoms with Crippen LogP contribution in [0, 0.1) is 11.3 Å². The predicted molar refractivity (Wildman–Crippen MR) is 74.0 cm³/mol. The van der Waals surface area contributed by atoms with Crippen LogP contribution < -0.4 is 11.1 Å². The zero-order valence-corrected chi connectivity index (χ0v) is 11.2. The maximum absolute atomic E-state index is 11.0. The summed E-state index contributed by atoms with van der Waals surface area (Å²) in [6.45, 7) is 1.33. The molecule has 1 fully saturated rings. The number of urea groups is 1. The van der Waals surface area contributed by atoms with E-state index >= 15 is 0 Å². The van der Waals surface area contributed by atoms with E-state index in [4.69, 9.17) is 22.6 Å². The Bertz CT molecular complexity index is 518. The third-order valence-electron chi connectivity index (χ3n) is 3.27. The Labute approximate surface area is 116 Å². The van der Waals surface area contributed by atoms with Crippen LogP contribution in [0.15, 0.2) is 18.2 Å². The van der Waals surface area contributed by atoms with Gasteiger partial charge >= 0.3 is 6.03 Å². The van der Waals surface area contributed by atoms with E-state index in [9.17, 15) is 4.79 Å².